The number of pyridine rings is 1. The second-order valence-corrected chi connectivity index (χ2v) is 5.00. The predicted molar refractivity (Wildman–Crippen MR) is 95.2 cm³/mol. The summed E-state index contributed by atoms with van der Waals surface area (Å²) in [6.45, 7) is 0. The molecule has 0 saturated heterocycles. The number of aliphatic imine (C=N–C) groups is 1. The highest BCUT2D eigenvalue weighted by molar-refractivity contribution is 5.79. The van der Waals surface area contributed by atoms with Crippen molar-refractivity contribution in [3.8, 4) is 0 Å². The Bertz CT molecular complexity index is 904. The highest BCUT2D eigenvalue weighted by Crippen LogP contribution is 2.23. The van der Waals surface area contributed by atoms with Gasteiger partial charge in [0.15, 0.2) is 0 Å². The van der Waals surface area contributed by atoms with Gasteiger partial charge in [-0.25, -0.2) is 0 Å². The number of nitro groups is 1. The van der Waals surface area contributed by atoms with Crippen LogP contribution in [0, 0.1) is 10.1 Å². The van der Waals surface area contributed by atoms with E-state index in [0.29, 0.717) is 11.4 Å². The van der Waals surface area contributed by atoms with Crippen LogP contribution in [-0.4, -0.2) is 16.1 Å². The average Bonchev–Trinajstić information content (AvgIpc) is 2.67. The summed E-state index contributed by atoms with van der Waals surface area (Å²) in [5.74, 6) is 0. The van der Waals surface area contributed by atoms with E-state index >= 15 is 0 Å². The monoisotopic (exact) mass is 331 g/mol. The van der Waals surface area contributed by atoms with Gasteiger partial charge in [-0.15, -0.1) is 0 Å². The molecule has 7 heteroatoms. The molecule has 0 bridgehead atoms. The summed E-state index contributed by atoms with van der Waals surface area (Å²) < 4.78 is 0. The van der Waals surface area contributed by atoms with E-state index in [9.17, 15) is 10.1 Å². The zero-order chi connectivity index (χ0) is 17.5. The van der Waals surface area contributed by atoms with E-state index in [1.807, 2.05) is 30.3 Å². The SMILES string of the molecule is O=[N+]([O-])c1ccc(N=Nc2ccc(N=Cc3ccccn3)cc2)cc1. The van der Waals surface area contributed by atoms with E-state index < -0.39 is 4.92 Å². The van der Waals surface area contributed by atoms with Crippen LogP contribution in [0.1, 0.15) is 5.69 Å². The van der Waals surface area contributed by atoms with Crippen molar-refractivity contribution < 1.29 is 4.92 Å². The van der Waals surface area contributed by atoms with Gasteiger partial charge in [0.25, 0.3) is 5.69 Å². The zero-order valence-electron chi connectivity index (χ0n) is 13.1. The van der Waals surface area contributed by atoms with Crippen LogP contribution in [0.25, 0.3) is 0 Å². The lowest BCUT2D eigenvalue weighted by Gasteiger charge is -1.96. The summed E-state index contributed by atoms with van der Waals surface area (Å²) in [7, 11) is 0. The summed E-state index contributed by atoms with van der Waals surface area (Å²) in [6, 6.07) is 18.7. The maximum atomic E-state index is 10.6. The molecule has 25 heavy (non-hydrogen) atoms. The zero-order valence-corrected chi connectivity index (χ0v) is 13.1. The Kier molecular flexibility index (Phi) is 4.96. The predicted octanol–water partition coefficient (Wildman–Crippen LogP) is 5.16. The summed E-state index contributed by atoms with van der Waals surface area (Å²) >= 11 is 0. The first kappa shape index (κ1) is 16.1. The highest BCUT2D eigenvalue weighted by atomic mass is 16.6. The van der Waals surface area contributed by atoms with E-state index in [1.165, 1.54) is 12.1 Å². The second kappa shape index (κ2) is 7.69. The van der Waals surface area contributed by atoms with Crippen molar-refractivity contribution in [1.29, 1.82) is 0 Å². The number of aromatic nitrogens is 1. The molecule has 0 N–H and O–H groups in total. The van der Waals surface area contributed by atoms with Crippen LogP contribution >= 0.6 is 0 Å². The maximum absolute atomic E-state index is 10.6. The molecule has 122 valence electrons. The summed E-state index contributed by atoms with van der Waals surface area (Å²) in [5.41, 5.74) is 2.79. The Balaban J connectivity index is 1.66. The second-order valence-electron chi connectivity index (χ2n) is 5.00. The van der Waals surface area contributed by atoms with Crippen molar-refractivity contribution in [2.45, 2.75) is 0 Å². The van der Waals surface area contributed by atoms with Crippen molar-refractivity contribution >= 4 is 29.0 Å². The van der Waals surface area contributed by atoms with Crippen LogP contribution in [0.5, 0.6) is 0 Å². The van der Waals surface area contributed by atoms with Gasteiger partial charge in [-0.05, 0) is 48.5 Å². The first-order valence-corrected chi connectivity index (χ1v) is 7.42. The quantitative estimate of drug-likeness (QED) is 0.280. The molecule has 0 radical (unpaired) electrons. The number of nitro benzene ring substituents is 1. The molecule has 0 saturated carbocycles. The number of hydrogen-bond donors (Lipinski definition) is 0. The molecule has 0 fully saturated rings. The molecule has 0 unspecified atom stereocenters. The molecule has 0 spiro atoms. The van der Waals surface area contributed by atoms with Crippen LogP contribution in [-0.2, 0) is 0 Å². The number of benzene rings is 2. The van der Waals surface area contributed by atoms with E-state index in [2.05, 4.69) is 20.2 Å². The first-order chi connectivity index (χ1) is 12.2. The van der Waals surface area contributed by atoms with E-state index in [1.54, 1.807) is 36.7 Å². The van der Waals surface area contributed by atoms with Gasteiger partial charge in [0, 0.05) is 18.3 Å². The number of nitrogens with zero attached hydrogens (tertiary/aromatic N) is 5. The van der Waals surface area contributed by atoms with Crippen LogP contribution in [0.2, 0.25) is 0 Å². The molecule has 0 aliphatic carbocycles. The van der Waals surface area contributed by atoms with E-state index in [-0.39, 0.29) is 5.69 Å². The summed E-state index contributed by atoms with van der Waals surface area (Å²) in [6.07, 6.45) is 3.40. The van der Waals surface area contributed by atoms with Crippen molar-refractivity contribution in [3.05, 3.63) is 88.7 Å². The fourth-order valence-electron chi connectivity index (χ4n) is 1.95. The van der Waals surface area contributed by atoms with Crippen molar-refractivity contribution in [2.75, 3.05) is 0 Å². The van der Waals surface area contributed by atoms with Crippen LogP contribution in [0.15, 0.2) is 88.1 Å². The van der Waals surface area contributed by atoms with Gasteiger partial charge in [0.05, 0.1) is 33.9 Å². The van der Waals surface area contributed by atoms with Gasteiger partial charge in [-0.1, -0.05) is 6.07 Å². The third-order valence-electron chi connectivity index (χ3n) is 3.22. The van der Waals surface area contributed by atoms with Crippen LogP contribution in [0.4, 0.5) is 22.7 Å². The maximum Gasteiger partial charge on any atom is 0.269 e. The van der Waals surface area contributed by atoms with Crippen molar-refractivity contribution in [1.82, 2.24) is 4.98 Å². The highest BCUT2D eigenvalue weighted by Gasteiger charge is 2.03. The number of non-ortho nitro benzene ring substituents is 1. The molecular weight excluding hydrogens is 318 g/mol. The lowest BCUT2D eigenvalue weighted by Crippen LogP contribution is -1.85. The lowest BCUT2D eigenvalue weighted by atomic mass is 10.3. The van der Waals surface area contributed by atoms with Gasteiger partial charge in [0.2, 0.25) is 0 Å². The fourth-order valence-corrected chi connectivity index (χ4v) is 1.95. The minimum absolute atomic E-state index is 0.0223. The normalized spacial score (nSPS) is 11.2. The molecule has 3 rings (SSSR count). The van der Waals surface area contributed by atoms with Gasteiger partial charge in [-0.3, -0.25) is 20.1 Å². The summed E-state index contributed by atoms with van der Waals surface area (Å²) in [5, 5.41) is 18.8. The average molecular weight is 331 g/mol. The Morgan fingerprint density at radius 3 is 2.00 bits per heavy atom. The van der Waals surface area contributed by atoms with Gasteiger partial charge < -0.3 is 0 Å². The molecular formula is C18H13N5O2. The minimum Gasteiger partial charge on any atom is -0.258 e. The molecule has 7 nitrogen and oxygen atoms in total. The van der Waals surface area contributed by atoms with Crippen molar-refractivity contribution in [2.24, 2.45) is 15.2 Å². The number of azo groups is 1. The molecule has 1 aromatic heterocycles. The molecule has 3 aromatic rings. The largest absolute Gasteiger partial charge is 0.269 e. The molecule has 0 aliphatic heterocycles. The number of hydrogen-bond acceptors (Lipinski definition) is 6. The Labute approximate surface area is 143 Å². The topological polar surface area (TPSA) is 93.1 Å². The Morgan fingerprint density at radius 1 is 0.840 bits per heavy atom. The van der Waals surface area contributed by atoms with Crippen LogP contribution in [0.3, 0.4) is 0 Å². The fraction of sp³-hybridized carbons (Fsp3) is 0. The smallest absolute Gasteiger partial charge is 0.258 e. The van der Waals surface area contributed by atoms with Gasteiger partial charge >= 0.3 is 0 Å². The molecule has 2 aromatic carbocycles. The minimum atomic E-state index is -0.453. The third-order valence-corrected chi connectivity index (χ3v) is 3.22. The van der Waals surface area contributed by atoms with Gasteiger partial charge in [0.1, 0.15) is 0 Å². The molecule has 0 amide bonds. The van der Waals surface area contributed by atoms with Crippen LogP contribution < -0.4 is 0 Å². The third kappa shape index (κ3) is 4.61. The first-order valence-electron chi connectivity index (χ1n) is 7.42. The number of rotatable bonds is 5. The van der Waals surface area contributed by atoms with Gasteiger partial charge in [-0.2, -0.15) is 10.2 Å². The van der Waals surface area contributed by atoms with E-state index in [4.69, 9.17) is 0 Å². The van der Waals surface area contributed by atoms with E-state index in [0.717, 1.165) is 11.4 Å². The Hall–Kier alpha value is -3.74. The molecule has 1 heterocycles. The molecule has 0 atom stereocenters. The Morgan fingerprint density at radius 2 is 1.44 bits per heavy atom. The molecule has 0 aliphatic rings. The lowest BCUT2D eigenvalue weighted by molar-refractivity contribution is -0.384. The van der Waals surface area contributed by atoms with Crippen molar-refractivity contribution in [3.63, 3.8) is 0 Å². The standard InChI is InChI=1S/C18H13N5O2/c24-23(25)18-10-8-16(9-11-18)22-21-15-6-4-14(5-7-15)20-13-17-3-1-2-12-19-17/h1-13H. The summed E-state index contributed by atoms with van der Waals surface area (Å²) in [4.78, 5) is 18.7.